The Hall–Kier alpha value is -2.31. The Morgan fingerprint density at radius 1 is 1.06 bits per heavy atom. The molecular weight excluding hydrogens is 418 g/mol. The van der Waals surface area contributed by atoms with E-state index in [9.17, 15) is 9.59 Å². The highest BCUT2D eigenvalue weighted by Gasteiger charge is 2.48. The Labute approximate surface area is 195 Å². The first-order chi connectivity index (χ1) is 15.4. The number of amides is 2. The molecule has 2 saturated heterocycles. The van der Waals surface area contributed by atoms with Gasteiger partial charge in [-0.05, 0) is 50.3 Å². The average molecular weight is 452 g/mol. The normalized spacial score (nSPS) is 22.7. The molecule has 0 aromatic heterocycles. The second kappa shape index (κ2) is 9.67. The van der Waals surface area contributed by atoms with E-state index >= 15 is 0 Å². The van der Waals surface area contributed by atoms with Crippen molar-refractivity contribution in [3.8, 4) is 0 Å². The number of hydrogen-bond donors (Lipinski definition) is 1. The quantitative estimate of drug-likeness (QED) is 0.739. The van der Waals surface area contributed by atoms with Gasteiger partial charge in [0, 0.05) is 37.1 Å². The highest BCUT2D eigenvalue weighted by atomic mass is 32.2. The lowest BCUT2D eigenvalue weighted by Gasteiger charge is -2.49. The van der Waals surface area contributed by atoms with Crippen LogP contribution in [0.15, 0.2) is 48.5 Å². The molecule has 2 aromatic rings. The van der Waals surface area contributed by atoms with Gasteiger partial charge in [0.2, 0.25) is 5.91 Å². The van der Waals surface area contributed by atoms with E-state index in [0.717, 1.165) is 49.3 Å². The molecule has 0 radical (unpaired) electrons. The number of likely N-dealkylation sites (tertiary alicyclic amines) is 1. The van der Waals surface area contributed by atoms with Crippen molar-refractivity contribution in [1.29, 1.82) is 0 Å². The van der Waals surface area contributed by atoms with Gasteiger partial charge in [0.15, 0.2) is 0 Å². The zero-order valence-corrected chi connectivity index (χ0v) is 20.1. The van der Waals surface area contributed by atoms with E-state index in [1.54, 1.807) is 11.8 Å². The molecule has 1 unspecified atom stereocenters. The van der Waals surface area contributed by atoms with E-state index < -0.39 is 5.54 Å². The molecule has 0 bridgehead atoms. The van der Waals surface area contributed by atoms with Gasteiger partial charge in [-0.25, -0.2) is 0 Å². The maximum absolute atomic E-state index is 13.6. The molecule has 2 aromatic carbocycles. The Morgan fingerprint density at radius 2 is 1.72 bits per heavy atom. The molecule has 6 heteroatoms. The number of carbonyl (C=O) groups excluding carboxylic acids is 2. The van der Waals surface area contributed by atoms with E-state index in [4.69, 9.17) is 0 Å². The summed E-state index contributed by atoms with van der Waals surface area (Å²) < 4.78 is 0. The van der Waals surface area contributed by atoms with Crippen LogP contribution in [-0.2, 0) is 16.1 Å². The topological polar surface area (TPSA) is 52.7 Å². The fraction of sp³-hybridized carbons (Fsp3) is 0.462. The van der Waals surface area contributed by atoms with Gasteiger partial charge >= 0.3 is 0 Å². The van der Waals surface area contributed by atoms with Crippen LogP contribution in [0.2, 0.25) is 0 Å². The van der Waals surface area contributed by atoms with Gasteiger partial charge in [-0.2, -0.15) is 0 Å². The van der Waals surface area contributed by atoms with Crippen LogP contribution in [0, 0.1) is 13.8 Å². The van der Waals surface area contributed by atoms with Gasteiger partial charge in [0.05, 0.1) is 5.75 Å². The molecule has 4 rings (SSSR count). The molecule has 0 aliphatic carbocycles. The molecular formula is C26H33N3O2S. The van der Waals surface area contributed by atoms with E-state index in [2.05, 4.69) is 34.5 Å². The SMILES string of the molecule is Cc1cccc(C)c1NC(=O)C1(C)CSCC(=O)N1C1CCN(Cc2ccccc2)CC1. The van der Waals surface area contributed by atoms with Crippen LogP contribution < -0.4 is 5.32 Å². The van der Waals surface area contributed by atoms with Crippen molar-refractivity contribution in [3.05, 3.63) is 65.2 Å². The minimum atomic E-state index is -0.846. The summed E-state index contributed by atoms with van der Waals surface area (Å²) >= 11 is 1.56. The van der Waals surface area contributed by atoms with E-state index in [1.807, 2.05) is 49.9 Å². The van der Waals surface area contributed by atoms with Gasteiger partial charge in [0.25, 0.3) is 5.91 Å². The maximum Gasteiger partial charge on any atom is 0.250 e. The maximum atomic E-state index is 13.6. The van der Waals surface area contributed by atoms with Crippen molar-refractivity contribution in [1.82, 2.24) is 9.80 Å². The Balaban J connectivity index is 1.47. The highest BCUT2D eigenvalue weighted by Crippen LogP contribution is 2.34. The number of rotatable bonds is 5. The summed E-state index contributed by atoms with van der Waals surface area (Å²) in [5.41, 5.74) is 3.41. The Morgan fingerprint density at radius 3 is 2.38 bits per heavy atom. The number of piperidine rings is 1. The van der Waals surface area contributed by atoms with Gasteiger partial charge in [-0.15, -0.1) is 11.8 Å². The molecule has 32 heavy (non-hydrogen) atoms. The molecule has 2 heterocycles. The second-order valence-electron chi connectivity index (χ2n) is 9.24. The summed E-state index contributed by atoms with van der Waals surface area (Å²) in [5, 5.41) is 3.16. The van der Waals surface area contributed by atoms with Crippen LogP contribution in [0.4, 0.5) is 5.69 Å². The van der Waals surface area contributed by atoms with Crippen molar-refractivity contribution >= 4 is 29.3 Å². The zero-order valence-electron chi connectivity index (χ0n) is 19.3. The molecule has 0 saturated carbocycles. The number of nitrogens with one attached hydrogen (secondary N) is 1. The number of anilines is 1. The van der Waals surface area contributed by atoms with Crippen LogP contribution >= 0.6 is 11.8 Å². The summed E-state index contributed by atoms with van der Waals surface area (Å²) in [5.74, 6) is 1.08. The number of benzene rings is 2. The summed E-state index contributed by atoms with van der Waals surface area (Å²) in [4.78, 5) is 31.0. The van der Waals surface area contributed by atoms with E-state index in [1.165, 1.54) is 5.56 Å². The predicted octanol–water partition coefficient (Wildman–Crippen LogP) is 4.24. The highest BCUT2D eigenvalue weighted by molar-refractivity contribution is 8.00. The largest absolute Gasteiger partial charge is 0.324 e. The van der Waals surface area contributed by atoms with Crippen LogP contribution in [0.3, 0.4) is 0 Å². The third kappa shape index (κ3) is 4.71. The second-order valence-corrected chi connectivity index (χ2v) is 10.2. The first-order valence-electron chi connectivity index (χ1n) is 11.4. The van der Waals surface area contributed by atoms with Crippen LogP contribution in [0.5, 0.6) is 0 Å². The number of carbonyl (C=O) groups is 2. The minimum Gasteiger partial charge on any atom is -0.324 e. The smallest absolute Gasteiger partial charge is 0.250 e. The van der Waals surface area contributed by atoms with Gasteiger partial charge in [-0.1, -0.05) is 48.5 Å². The molecule has 2 aliphatic rings. The lowest BCUT2D eigenvalue weighted by atomic mass is 9.92. The van der Waals surface area contributed by atoms with E-state index in [0.29, 0.717) is 11.5 Å². The molecule has 2 fully saturated rings. The van der Waals surface area contributed by atoms with Crippen molar-refractivity contribution in [3.63, 3.8) is 0 Å². The summed E-state index contributed by atoms with van der Waals surface area (Å²) in [6.07, 6.45) is 1.80. The fourth-order valence-electron chi connectivity index (χ4n) is 4.97. The lowest BCUT2D eigenvalue weighted by molar-refractivity contribution is -0.146. The fourth-order valence-corrected chi connectivity index (χ4v) is 6.05. The molecule has 2 amide bonds. The summed E-state index contributed by atoms with van der Waals surface area (Å²) in [6.45, 7) is 8.76. The Bertz CT molecular complexity index is 952. The molecule has 2 aliphatic heterocycles. The third-order valence-electron chi connectivity index (χ3n) is 6.79. The standard InChI is InChI=1S/C26H33N3O2S/c1-19-8-7-9-20(2)24(19)27-25(31)26(3)18-32-17-23(30)29(26)22-12-14-28(15-13-22)16-21-10-5-4-6-11-21/h4-11,22H,12-18H2,1-3H3,(H,27,31). The van der Waals surface area contributed by atoms with Crippen molar-refractivity contribution in [2.45, 2.75) is 51.7 Å². The number of nitrogens with zero attached hydrogens (tertiary/aromatic N) is 2. The van der Waals surface area contributed by atoms with Gasteiger partial charge in [-0.3, -0.25) is 14.5 Å². The van der Waals surface area contributed by atoms with Crippen molar-refractivity contribution < 1.29 is 9.59 Å². The summed E-state index contributed by atoms with van der Waals surface area (Å²) in [6, 6.07) is 16.6. The number of thioether (sulfide) groups is 1. The van der Waals surface area contributed by atoms with Crippen LogP contribution in [0.1, 0.15) is 36.5 Å². The third-order valence-corrected chi connectivity index (χ3v) is 8.01. The van der Waals surface area contributed by atoms with Crippen LogP contribution in [0.25, 0.3) is 0 Å². The first-order valence-corrected chi connectivity index (χ1v) is 12.6. The minimum absolute atomic E-state index is 0.0813. The zero-order chi connectivity index (χ0) is 22.7. The first kappa shape index (κ1) is 22.9. The van der Waals surface area contributed by atoms with Crippen LogP contribution in [-0.4, -0.2) is 57.8 Å². The lowest BCUT2D eigenvalue weighted by Crippen LogP contribution is -2.66. The number of aryl methyl sites for hydroxylation is 2. The molecule has 1 N–H and O–H groups in total. The molecule has 170 valence electrons. The van der Waals surface area contributed by atoms with E-state index in [-0.39, 0.29) is 17.9 Å². The average Bonchev–Trinajstić information content (AvgIpc) is 2.78. The monoisotopic (exact) mass is 451 g/mol. The van der Waals surface area contributed by atoms with Gasteiger partial charge in [0.1, 0.15) is 5.54 Å². The van der Waals surface area contributed by atoms with Gasteiger partial charge < -0.3 is 10.2 Å². The van der Waals surface area contributed by atoms with Crippen molar-refractivity contribution in [2.75, 3.05) is 29.9 Å². The Kier molecular flexibility index (Phi) is 6.91. The number of hydrogen-bond acceptors (Lipinski definition) is 4. The predicted molar refractivity (Wildman–Crippen MR) is 132 cm³/mol. The molecule has 5 nitrogen and oxygen atoms in total. The number of para-hydroxylation sites is 1. The van der Waals surface area contributed by atoms with Crippen molar-refractivity contribution in [2.24, 2.45) is 0 Å². The summed E-state index contributed by atoms with van der Waals surface area (Å²) in [7, 11) is 0. The molecule has 1 atom stereocenters. The molecule has 0 spiro atoms.